The molecule has 0 spiro atoms. The highest BCUT2D eigenvalue weighted by molar-refractivity contribution is 5.62. The van der Waals surface area contributed by atoms with Crippen LogP contribution in [0.1, 0.15) is 5.69 Å². The maximum atomic E-state index is 8.74. The Morgan fingerprint density at radius 1 is 1.29 bits per heavy atom. The van der Waals surface area contributed by atoms with Crippen molar-refractivity contribution in [2.24, 2.45) is 0 Å². The fourth-order valence-electron chi connectivity index (χ4n) is 1.57. The fraction of sp³-hybridized carbons (Fsp3) is 0.0909. The van der Waals surface area contributed by atoms with Gasteiger partial charge in [-0.05, 0) is 18.2 Å². The standard InChI is InChI=1S/C11H7N3O3/c12-4-7-10(13)17-11(14-7)6-1-2-8-9(3-6)16-5-15-8/h1-3H,5,13H2. The first-order chi connectivity index (χ1) is 8.28. The van der Waals surface area contributed by atoms with E-state index in [1.165, 1.54) is 0 Å². The molecule has 3 rings (SSSR count). The Bertz CT molecular complexity index is 627. The summed E-state index contributed by atoms with van der Waals surface area (Å²) in [7, 11) is 0. The summed E-state index contributed by atoms with van der Waals surface area (Å²) in [6.07, 6.45) is 0. The Hall–Kier alpha value is -2.68. The third kappa shape index (κ3) is 1.45. The number of anilines is 1. The first kappa shape index (κ1) is 9.54. The van der Waals surface area contributed by atoms with Gasteiger partial charge in [0.2, 0.25) is 24.3 Å². The number of rotatable bonds is 1. The third-order valence-electron chi connectivity index (χ3n) is 2.38. The number of hydrogen-bond donors (Lipinski definition) is 1. The Morgan fingerprint density at radius 2 is 2.12 bits per heavy atom. The van der Waals surface area contributed by atoms with E-state index >= 15 is 0 Å². The molecule has 0 atom stereocenters. The van der Waals surface area contributed by atoms with E-state index in [4.69, 9.17) is 24.9 Å². The monoisotopic (exact) mass is 229 g/mol. The SMILES string of the molecule is N#Cc1nc(-c2ccc3c(c2)OCO3)oc1N. The minimum atomic E-state index is 0.0140. The largest absolute Gasteiger partial charge is 0.454 e. The van der Waals surface area contributed by atoms with E-state index in [-0.39, 0.29) is 24.3 Å². The molecule has 6 nitrogen and oxygen atoms in total. The lowest BCUT2D eigenvalue weighted by atomic mass is 10.2. The molecule has 1 aliphatic rings. The van der Waals surface area contributed by atoms with Crippen LogP contribution in [0.3, 0.4) is 0 Å². The van der Waals surface area contributed by atoms with Crippen molar-refractivity contribution < 1.29 is 13.9 Å². The van der Waals surface area contributed by atoms with Crippen LogP contribution in [-0.2, 0) is 0 Å². The lowest BCUT2D eigenvalue weighted by Crippen LogP contribution is -1.92. The van der Waals surface area contributed by atoms with Crippen LogP contribution in [0, 0.1) is 11.3 Å². The lowest BCUT2D eigenvalue weighted by Gasteiger charge is -1.97. The zero-order valence-corrected chi connectivity index (χ0v) is 8.64. The summed E-state index contributed by atoms with van der Waals surface area (Å²) < 4.78 is 15.6. The summed E-state index contributed by atoms with van der Waals surface area (Å²) >= 11 is 0. The van der Waals surface area contributed by atoms with Crippen molar-refractivity contribution in [3.63, 3.8) is 0 Å². The number of oxazole rings is 1. The smallest absolute Gasteiger partial charge is 0.231 e. The van der Waals surface area contributed by atoms with Gasteiger partial charge < -0.3 is 19.6 Å². The van der Waals surface area contributed by atoms with Crippen molar-refractivity contribution in [3.8, 4) is 29.0 Å². The van der Waals surface area contributed by atoms with Crippen molar-refractivity contribution in [1.29, 1.82) is 5.26 Å². The van der Waals surface area contributed by atoms with Crippen LogP contribution >= 0.6 is 0 Å². The predicted octanol–water partition coefficient (Wildman–Crippen LogP) is 1.52. The van der Waals surface area contributed by atoms with Crippen molar-refractivity contribution in [2.45, 2.75) is 0 Å². The average Bonchev–Trinajstić information content (AvgIpc) is 2.93. The first-order valence-corrected chi connectivity index (χ1v) is 4.84. The van der Waals surface area contributed by atoms with E-state index in [0.717, 1.165) is 0 Å². The number of nitriles is 1. The number of fused-ring (bicyclic) bond motifs is 1. The predicted molar refractivity (Wildman–Crippen MR) is 57.2 cm³/mol. The van der Waals surface area contributed by atoms with Gasteiger partial charge in [0, 0.05) is 5.56 Å². The number of nitrogen functional groups attached to an aromatic ring is 1. The summed E-state index contributed by atoms with van der Waals surface area (Å²) in [5.41, 5.74) is 6.26. The lowest BCUT2D eigenvalue weighted by molar-refractivity contribution is 0.174. The van der Waals surface area contributed by atoms with Crippen LogP contribution in [0.4, 0.5) is 5.88 Å². The number of hydrogen-bond acceptors (Lipinski definition) is 6. The van der Waals surface area contributed by atoms with Gasteiger partial charge in [0.15, 0.2) is 11.5 Å². The van der Waals surface area contributed by atoms with E-state index in [9.17, 15) is 0 Å². The molecular formula is C11H7N3O3. The van der Waals surface area contributed by atoms with E-state index in [0.29, 0.717) is 17.1 Å². The van der Waals surface area contributed by atoms with Gasteiger partial charge in [0.25, 0.3) is 0 Å². The number of nitrogens with zero attached hydrogens (tertiary/aromatic N) is 2. The molecule has 2 N–H and O–H groups in total. The second-order valence-electron chi connectivity index (χ2n) is 3.41. The molecule has 0 saturated carbocycles. The second-order valence-corrected chi connectivity index (χ2v) is 3.41. The van der Waals surface area contributed by atoms with Gasteiger partial charge in [-0.3, -0.25) is 0 Å². The quantitative estimate of drug-likeness (QED) is 0.796. The molecule has 17 heavy (non-hydrogen) atoms. The van der Waals surface area contributed by atoms with E-state index in [1.54, 1.807) is 18.2 Å². The zero-order chi connectivity index (χ0) is 11.8. The van der Waals surface area contributed by atoms with Crippen LogP contribution in [0.5, 0.6) is 11.5 Å². The molecule has 0 fully saturated rings. The number of ether oxygens (including phenoxy) is 2. The highest BCUT2D eigenvalue weighted by Gasteiger charge is 2.17. The molecule has 2 heterocycles. The minimum Gasteiger partial charge on any atom is -0.454 e. The maximum Gasteiger partial charge on any atom is 0.231 e. The Morgan fingerprint density at radius 3 is 2.88 bits per heavy atom. The zero-order valence-electron chi connectivity index (χ0n) is 8.64. The van der Waals surface area contributed by atoms with Crippen LogP contribution in [-0.4, -0.2) is 11.8 Å². The Kier molecular flexibility index (Phi) is 1.92. The number of benzene rings is 1. The van der Waals surface area contributed by atoms with Crippen molar-refractivity contribution in [1.82, 2.24) is 4.98 Å². The maximum absolute atomic E-state index is 8.74. The molecule has 1 aromatic heterocycles. The summed E-state index contributed by atoms with van der Waals surface area (Å²) in [4.78, 5) is 3.97. The molecule has 1 aliphatic heterocycles. The molecule has 0 radical (unpaired) electrons. The Balaban J connectivity index is 2.07. The number of nitrogens with two attached hydrogens (primary N) is 1. The van der Waals surface area contributed by atoms with Gasteiger partial charge in [-0.2, -0.15) is 10.2 Å². The van der Waals surface area contributed by atoms with Crippen molar-refractivity contribution in [2.75, 3.05) is 12.5 Å². The van der Waals surface area contributed by atoms with Crippen LogP contribution < -0.4 is 15.2 Å². The van der Waals surface area contributed by atoms with E-state index in [2.05, 4.69) is 4.98 Å². The highest BCUT2D eigenvalue weighted by Crippen LogP contribution is 2.36. The summed E-state index contributed by atoms with van der Waals surface area (Å²) in [5, 5.41) is 8.74. The average molecular weight is 229 g/mol. The molecule has 0 bridgehead atoms. The molecule has 1 aromatic carbocycles. The van der Waals surface area contributed by atoms with Crippen molar-refractivity contribution in [3.05, 3.63) is 23.9 Å². The molecule has 0 amide bonds. The molecule has 0 saturated heterocycles. The molecule has 0 unspecified atom stereocenters. The van der Waals surface area contributed by atoms with Gasteiger partial charge in [-0.15, -0.1) is 0 Å². The summed E-state index contributed by atoms with van der Waals surface area (Å²) in [5.74, 6) is 1.60. The molecule has 6 heteroatoms. The van der Waals surface area contributed by atoms with Gasteiger partial charge in [-0.1, -0.05) is 0 Å². The first-order valence-electron chi connectivity index (χ1n) is 4.84. The second kappa shape index (κ2) is 3.42. The van der Waals surface area contributed by atoms with Gasteiger partial charge in [0.1, 0.15) is 6.07 Å². The van der Waals surface area contributed by atoms with Gasteiger partial charge >= 0.3 is 0 Å². The third-order valence-corrected chi connectivity index (χ3v) is 2.38. The van der Waals surface area contributed by atoms with E-state index in [1.807, 2.05) is 6.07 Å². The van der Waals surface area contributed by atoms with Crippen LogP contribution in [0.2, 0.25) is 0 Å². The van der Waals surface area contributed by atoms with Crippen molar-refractivity contribution >= 4 is 5.88 Å². The van der Waals surface area contributed by atoms with Gasteiger partial charge in [-0.25, -0.2) is 0 Å². The fourth-order valence-corrected chi connectivity index (χ4v) is 1.57. The molecule has 84 valence electrons. The summed E-state index contributed by atoms with van der Waals surface area (Å²) in [6, 6.07) is 7.10. The summed E-state index contributed by atoms with van der Waals surface area (Å²) in [6.45, 7) is 0.204. The normalized spacial score (nSPS) is 12.4. The topological polar surface area (TPSA) is 94.3 Å². The van der Waals surface area contributed by atoms with Crippen LogP contribution in [0.25, 0.3) is 11.5 Å². The molecule has 2 aromatic rings. The van der Waals surface area contributed by atoms with E-state index < -0.39 is 0 Å². The molecule has 0 aliphatic carbocycles. The minimum absolute atomic E-state index is 0.0140. The van der Waals surface area contributed by atoms with Crippen LogP contribution in [0.15, 0.2) is 22.6 Å². The molecular weight excluding hydrogens is 222 g/mol. The Labute approximate surface area is 96.2 Å². The highest BCUT2D eigenvalue weighted by atomic mass is 16.7. The van der Waals surface area contributed by atoms with Gasteiger partial charge in [0.05, 0.1) is 0 Å². The number of aromatic nitrogens is 1.